The molecule has 0 radical (unpaired) electrons. The van der Waals surface area contributed by atoms with Gasteiger partial charge in [-0.1, -0.05) is 30.3 Å². The lowest BCUT2D eigenvalue weighted by molar-refractivity contribution is -0.127. The summed E-state index contributed by atoms with van der Waals surface area (Å²) in [6.07, 6.45) is 2.03. The molecular formula is C20H24N2O2. The summed E-state index contributed by atoms with van der Waals surface area (Å²) in [4.78, 5) is 14.6. The number of ether oxygens (including phenoxy) is 1. The van der Waals surface area contributed by atoms with Gasteiger partial charge in [-0.25, -0.2) is 0 Å². The van der Waals surface area contributed by atoms with E-state index >= 15 is 0 Å². The fourth-order valence-corrected chi connectivity index (χ4v) is 2.89. The Hall–Kier alpha value is -2.49. The van der Waals surface area contributed by atoms with Crippen molar-refractivity contribution in [3.63, 3.8) is 0 Å². The molecule has 24 heavy (non-hydrogen) atoms. The first kappa shape index (κ1) is 16.4. The second-order valence-corrected chi connectivity index (χ2v) is 6.15. The van der Waals surface area contributed by atoms with Crippen LogP contribution in [0, 0.1) is 0 Å². The summed E-state index contributed by atoms with van der Waals surface area (Å²) in [7, 11) is 0. The molecule has 1 saturated heterocycles. The van der Waals surface area contributed by atoms with Crippen LogP contribution < -0.4 is 15.0 Å². The second kappa shape index (κ2) is 7.86. The quantitative estimate of drug-likeness (QED) is 0.886. The number of nitrogens with one attached hydrogen (secondary N) is 1. The fourth-order valence-electron chi connectivity index (χ4n) is 2.89. The van der Waals surface area contributed by atoms with Crippen LogP contribution in [0.3, 0.4) is 0 Å². The largest absolute Gasteiger partial charge is 0.481 e. The number of carbonyl (C=O) groups is 1. The Morgan fingerprint density at radius 1 is 1.08 bits per heavy atom. The molecule has 0 bridgehead atoms. The maximum absolute atomic E-state index is 12.2. The number of benzene rings is 2. The first-order valence-corrected chi connectivity index (χ1v) is 8.56. The summed E-state index contributed by atoms with van der Waals surface area (Å²) in [5, 5.41) is 2.93. The molecule has 0 aromatic heterocycles. The highest BCUT2D eigenvalue weighted by Gasteiger charge is 2.15. The van der Waals surface area contributed by atoms with Crippen molar-refractivity contribution in [2.24, 2.45) is 0 Å². The zero-order valence-corrected chi connectivity index (χ0v) is 14.1. The van der Waals surface area contributed by atoms with Gasteiger partial charge in [-0.15, -0.1) is 0 Å². The Morgan fingerprint density at radius 3 is 2.42 bits per heavy atom. The smallest absolute Gasteiger partial charge is 0.261 e. The van der Waals surface area contributed by atoms with Crippen LogP contribution >= 0.6 is 0 Å². The molecule has 0 unspecified atom stereocenters. The highest BCUT2D eigenvalue weighted by atomic mass is 16.5. The molecular weight excluding hydrogens is 300 g/mol. The molecule has 1 amide bonds. The van der Waals surface area contributed by atoms with Crippen LogP contribution in [-0.2, 0) is 11.3 Å². The lowest BCUT2D eigenvalue weighted by Gasteiger charge is -2.18. The van der Waals surface area contributed by atoms with Crippen LogP contribution in [0.5, 0.6) is 5.75 Å². The molecule has 1 aliphatic heterocycles. The van der Waals surface area contributed by atoms with E-state index in [1.807, 2.05) is 30.3 Å². The van der Waals surface area contributed by atoms with Crippen molar-refractivity contribution < 1.29 is 9.53 Å². The molecule has 2 aromatic rings. The van der Waals surface area contributed by atoms with Gasteiger partial charge in [0.25, 0.3) is 5.91 Å². The van der Waals surface area contributed by atoms with Crippen LogP contribution in [0.15, 0.2) is 54.6 Å². The topological polar surface area (TPSA) is 41.6 Å². The van der Waals surface area contributed by atoms with E-state index in [9.17, 15) is 4.79 Å². The van der Waals surface area contributed by atoms with Crippen LogP contribution in [-0.4, -0.2) is 25.1 Å². The molecule has 4 heteroatoms. The van der Waals surface area contributed by atoms with Gasteiger partial charge in [-0.05, 0) is 49.6 Å². The van der Waals surface area contributed by atoms with E-state index in [2.05, 4.69) is 34.5 Å². The van der Waals surface area contributed by atoms with Gasteiger partial charge in [0, 0.05) is 25.3 Å². The van der Waals surface area contributed by atoms with Crippen molar-refractivity contribution in [2.75, 3.05) is 18.0 Å². The highest BCUT2D eigenvalue weighted by molar-refractivity contribution is 5.80. The highest BCUT2D eigenvalue weighted by Crippen LogP contribution is 2.20. The van der Waals surface area contributed by atoms with E-state index in [0.717, 1.165) is 18.7 Å². The Labute approximate surface area is 143 Å². The zero-order valence-electron chi connectivity index (χ0n) is 14.1. The van der Waals surface area contributed by atoms with E-state index < -0.39 is 6.10 Å². The van der Waals surface area contributed by atoms with Gasteiger partial charge in [0.15, 0.2) is 6.10 Å². The van der Waals surface area contributed by atoms with Crippen LogP contribution in [0.4, 0.5) is 5.69 Å². The molecule has 1 atom stereocenters. The van der Waals surface area contributed by atoms with Gasteiger partial charge in [-0.2, -0.15) is 0 Å². The molecule has 4 nitrogen and oxygen atoms in total. The second-order valence-electron chi connectivity index (χ2n) is 6.15. The minimum Gasteiger partial charge on any atom is -0.481 e. The molecule has 1 fully saturated rings. The summed E-state index contributed by atoms with van der Waals surface area (Å²) in [6, 6.07) is 17.8. The zero-order chi connectivity index (χ0) is 16.8. The minimum atomic E-state index is -0.517. The van der Waals surface area contributed by atoms with Gasteiger partial charge in [0.05, 0.1) is 0 Å². The third-order valence-corrected chi connectivity index (χ3v) is 4.30. The number of para-hydroxylation sites is 1. The van der Waals surface area contributed by atoms with E-state index in [0.29, 0.717) is 12.3 Å². The standard InChI is InChI=1S/C20H24N2O2/c1-16(24-19-7-3-2-4-8-19)20(23)21-15-17-9-11-18(12-10-17)22-13-5-6-14-22/h2-4,7-12,16H,5-6,13-15H2,1H3,(H,21,23)/t16-/m0/s1. The van der Waals surface area contributed by atoms with Crippen molar-refractivity contribution in [1.82, 2.24) is 5.32 Å². The molecule has 0 aliphatic carbocycles. The number of anilines is 1. The maximum Gasteiger partial charge on any atom is 0.261 e. The lowest BCUT2D eigenvalue weighted by atomic mass is 10.2. The number of hydrogen-bond donors (Lipinski definition) is 1. The predicted octanol–water partition coefficient (Wildman–Crippen LogP) is 3.37. The average molecular weight is 324 g/mol. The molecule has 2 aromatic carbocycles. The minimum absolute atomic E-state index is 0.109. The maximum atomic E-state index is 12.2. The molecule has 0 saturated carbocycles. The third kappa shape index (κ3) is 4.28. The SMILES string of the molecule is C[C@H](Oc1ccccc1)C(=O)NCc1ccc(N2CCCC2)cc1. The van der Waals surface area contributed by atoms with E-state index in [-0.39, 0.29) is 5.91 Å². The summed E-state index contributed by atoms with van der Waals surface area (Å²) >= 11 is 0. The molecule has 1 aliphatic rings. The van der Waals surface area contributed by atoms with Crippen LogP contribution in [0.2, 0.25) is 0 Å². The summed E-state index contributed by atoms with van der Waals surface area (Å²) < 4.78 is 5.63. The number of nitrogens with zero attached hydrogens (tertiary/aromatic N) is 1. The van der Waals surface area contributed by atoms with Crippen molar-refractivity contribution in [1.29, 1.82) is 0 Å². The Morgan fingerprint density at radius 2 is 1.75 bits per heavy atom. The third-order valence-electron chi connectivity index (χ3n) is 4.30. The Kier molecular flexibility index (Phi) is 5.36. The first-order chi connectivity index (χ1) is 11.7. The average Bonchev–Trinajstić information content (AvgIpc) is 3.15. The number of amides is 1. The van der Waals surface area contributed by atoms with Crippen molar-refractivity contribution >= 4 is 11.6 Å². The van der Waals surface area contributed by atoms with Crippen molar-refractivity contribution in [3.05, 3.63) is 60.2 Å². The van der Waals surface area contributed by atoms with Gasteiger partial charge in [0.2, 0.25) is 0 Å². The van der Waals surface area contributed by atoms with Crippen molar-refractivity contribution in [2.45, 2.75) is 32.4 Å². The van der Waals surface area contributed by atoms with Gasteiger partial charge >= 0.3 is 0 Å². The van der Waals surface area contributed by atoms with E-state index in [1.54, 1.807) is 6.92 Å². The normalized spacial score (nSPS) is 15.1. The molecule has 3 rings (SSSR count). The molecule has 126 valence electrons. The summed E-state index contributed by atoms with van der Waals surface area (Å²) in [5.74, 6) is 0.595. The van der Waals surface area contributed by atoms with Gasteiger partial charge in [-0.3, -0.25) is 4.79 Å². The van der Waals surface area contributed by atoms with Crippen LogP contribution in [0.25, 0.3) is 0 Å². The van der Waals surface area contributed by atoms with Gasteiger partial charge < -0.3 is 15.0 Å². The van der Waals surface area contributed by atoms with Crippen molar-refractivity contribution in [3.8, 4) is 5.75 Å². The lowest BCUT2D eigenvalue weighted by Crippen LogP contribution is -2.35. The number of hydrogen-bond acceptors (Lipinski definition) is 3. The fraction of sp³-hybridized carbons (Fsp3) is 0.350. The Balaban J connectivity index is 1.48. The summed E-state index contributed by atoms with van der Waals surface area (Å²) in [6.45, 7) is 4.56. The molecule has 1 heterocycles. The molecule has 1 N–H and O–H groups in total. The first-order valence-electron chi connectivity index (χ1n) is 8.56. The number of rotatable bonds is 6. The van der Waals surface area contributed by atoms with Gasteiger partial charge in [0.1, 0.15) is 5.75 Å². The summed E-state index contributed by atoms with van der Waals surface area (Å²) in [5.41, 5.74) is 2.36. The van der Waals surface area contributed by atoms with E-state index in [4.69, 9.17) is 4.74 Å². The monoisotopic (exact) mass is 324 g/mol. The Bertz CT molecular complexity index is 649. The van der Waals surface area contributed by atoms with Crippen LogP contribution in [0.1, 0.15) is 25.3 Å². The number of carbonyl (C=O) groups excluding carboxylic acids is 1. The van der Waals surface area contributed by atoms with E-state index in [1.165, 1.54) is 18.5 Å². The predicted molar refractivity (Wildman–Crippen MR) is 96.3 cm³/mol. The molecule has 0 spiro atoms.